The van der Waals surface area contributed by atoms with Crippen molar-refractivity contribution in [1.82, 2.24) is 10.2 Å². The van der Waals surface area contributed by atoms with E-state index in [4.69, 9.17) is 19.9 Å². The molecule has 1 saturated heterocycles. The van der Waals surface area contributed by atoms with Gasteiger partial charge in [0.05, 0.1) is 18.9 Å². The monoisotopic (exact) mass is 293 g/mol. The zero-order valence-corrected chi connectivity index (χ0v) is 11.4. The molecular weight excluding hydrogens is 277 g/mol. The highest BCUT2D eigenvalue weighted by Crippen LogP contribution is 2.37. The second-order valence-electron chi connectivity index (χ2n) is 4.06. The SMILES string of the molecule is NC1C=CN([C@H]2CC[C@@H](COP(O)S)O2)C(=O)N1. The highest BCUT2D eigenvalue weighted by atomic mass is 32.7. The van der Waals surface area contributed by atoms with Crippen LogP contribution in [0, 0.1) is 0 Å². The Morgan fingerprint density at radius 3 is 3.17 bits per heavy atom. The molecule has 2 rings (SSSR count). The predicted octanol–water partition coefficient (Wildman–Crippen LogP) is 0.481. The van der Waals surface area contributed by atoms with E-state index in [0.717, 1.165) is 12.8 Å². The number of hydrogen-bond donors (Lipinski definition) is 4. The highest BCUT2D eigenvalue weighted by molar-refractivity contribution is 8.41. The van der Waals surface area contributed by atoms with Gasteiger partial charge in [0, 0.05) is 6.20 Å². The van der Waals surface area contributed by atoms with Gasteiger partial charge in [0.25, 0.3) is 0 Å². The number of hydrogen-bond acceptors (Lipinski definition) is 6. The van der Waals surface area contributed by atoms with Crippen molar-refractivity contribution in [1.29, 1.82) is 0 Å². The summed E-state index contributed by atoms with van der Waals surface area (Å²) >= 11 is 3.76. The summed E-state index contributed by atoms with van der Waals surface area (Å²) in [6.45, 7) is 0.279. The fourth-order valence-corrected chi connectivity index (χ4v) is 2.41. The topological polar surface area (TPSA) is 97.1 Å². The van der Waals surface area contributed by atoms with E-state index in [1.54, 1.807) is 12.3 Å². The lowest BCUT2D eigenvalue weighted by Crippen LogP contribution is -2.52. The molecule has 18 heavy (non-hydrogen) atoms. The molecule has 0 saturated carbocycles. The molecule has 0 bridgehead atoms. The first-order valence-corrected chi connectivity index (χ1v) is 7.92. The molecule has 102 valence electrons. The lowest BCUT2D eigenvalue weighted by Gasteiger charge is -2.30. The number of nitrogens with one attached hydrogen (secondary N) is 1. The molecule has 2 aliphatic rings. The number of ether oxygens (including phenoxy) is 1. The number of thiol groups is 1. The molecule has 4 N–H and O–H groups in total. The molecule has 2 unspecified atom stereocenters. The van der Waals surface area contributed by atoms with E-state index in [0.29, 0.717) is 0 Å². The number of nitrogens with zero attached hydrogens (tertiary/aromatic N) is 1. The maximum absolute atomic E-state index is 11.7. The second kappa shape index (κ2) is 6.18. The molecule has 7 nitrogen and oxygen atoms in total. The van der Waals surface area contributed by atoms with Crippen LogP contribution < -0.4 is 11.1 Å². The third-order valence-corrected chi connectivity index (χ3v) is 3.48. The molecule has 2 amide bonds. The van der Waals surface area contributed by atoms with Gasteiger partial charge in [-0.3, -0.25) is 4.90 Å². The molecule has 4 atom stereocenters. The van der Waals surface area contributed by atoms with Crippen LogP contribution in [-0.2, 0) is 9.26 Å². The summed E-state index contributed by atoms with van der Waals surface area (Å²) in [5.74, 6) is 0. The standard InChI is InChI=1S/C9H16N3O4PS/c10-7-3-4-12(9(13)11-7)8-2-1-6(16-8)5-15-17(14)18/h3-4,6-8,14,18H,1-2,5,10H2,(H,11,13)/t6-,7?,8+,17?/m0/s1. The molecule has 0 spiro atoms. The number of rotatable bonds is 4. The summed E-state index contributed by atoms with van der Waals surface area (Å²) < 4.78 is 10.7. The lowest BCUT2D eigenvalue weighted by atomic mass is 10.2. The summed E-state index contributed by atoms with van der Waals surface area (Å²) in [5, 5.41) is 2.59. The first kappa shape index (κ1) is 14.0. The first-order valence-electron chi connectivity index (χ1n) is 5.55. The quantitative estimate of drug-likeness (QED) is 0.446. The predicted molar refractivity (Wildman–Crippen MR) is 69.5 cm³/mol. The van der Waals surface area contributed by atoms with Crippen LogP contribution in [0.5, 0.6) is 0 Å². The smallest absolute Gasteiger partial charge is 0.325 e. The van der Waals surface area contributed by atoms with Crippen LogP contribution in [-0.4, -0.2) is 40.9 Å². The summed E-state index contributed by atoms with van der Waals surface area (Å²) in [4.78, 5) is 22.1. The summed E-state index contributed by atoms with van der Waals surface area (Å²) in [6.07, 6.45) is 3.92. The fraction of sp³-hybridized carbons (Fsp3) is 0.667. The normalized spacial score (nSPS) is 33.6. The maximum Gasteiger partial charge on any atom is 0.325 e. The number of urea groups is 1. The van der Waals surface area contributed by atoms with Gasteiger partial charge >= 0.3 is 6.03 Å². The van der Waals surface area contributed by atoms with Crippen molar-refractivity contribution < 1.29 is 18.9 Å². The molecule has 2 aliphatic heterocycles. The van der Waals surface area contributed by atoms with Gasteiger partial charge < -0.3 is 25.2 Å². The van der Waals surface area contributed by atoms with E-state index in [9.17, 15) is 4.79 Å². The van der Waals surface area contributed by atoms with Crippen molar-refractivity contribution in [3.63, 3.8) is 0 Å². The number of carbonyl (C=O) groups is 1. The molecule has 9 heteroatoms. The lowest BCUT2D eigenvalue weighted by molar-refractivity contribution is -0.0327. The summed E-state index contributed by atoms with van der Waals surface area (Å²) in [5.41, 5.74) is 5.55. The minimum Gasteiger partial charge on any atom is -0.352 e. The highest BCUT2D eigenvalue weighted by Gasteiger charge is 2.33. The van der Waals surface area contributed by atoms with Crippen molar-refractivity contribution in [3.05, 3.63) is 12.3 Å². The Morgan fingerprint density at radius 2 is 2.50 bits per heavy atom. The van der Waals surface area contributed by atoms with Crippen molar-refractivity contribution in [2.75, 3.05) is 6.61 Å². The van der Waals surface area contributed by atoms with Gasteiger partial charge in [0.1, 0.15) is 6.23 Å². The Hall–Kier alpha value is -0.370. The van der Waals surface area contributed by atoms with Crippen molar-refractivity contribution in [2.45, 2.75) is 31.3 Å². The average molecular weight is 293 g/mol. The van der Waals surface area contributed by atoms with Crippen LogP contribution in [0.4, 0.5) is 4.79 Å². The van der Waals surface area contributed by atoms with Crippen LogP contribution in [0.15, 0.2) is 12.3 Å². The van der Waals surface area contributed by atoms with Crippen molar-refractivity contribution >= 4 is 25.9 Å². The van der Waals surface area contributed by atoms with Crippen molar-refractivity contribution in [2.24, 2.45) is 5.73 Å². The van der Waals surface area contributed by atoms with Gasteiger partial charge in [-0.15, -0.1) is 0 Å². The Balaban J connectivity index is 1.85. The Bertz CT molecular complexity index is 344. The summed E-state index contributed by atoms with van der Waals surface area (Å²) in [6, 6.07) is -0.268. The Labute approximate surface area is 111 Å². The third-order valence-electron chi connectivity index (χ3n) is 2.75. The molecule has 0 aromatic rings. The van der Waals surface area contributed by atoms with E-state index in [-0.39, 0.29) is 25.0 Å². The molecule has 0 aromatic carbocycles. The van der Waals surface area contributed by atoms with Gasteiger partial charge in [0.15, 0.2) is 0 Å². The van der Waals surface area contributed by atoms with Crippen LogP contribution in [0.3, 0.4) is 0 Å². The third kappa shape index (κ3) is 3.57. The Kier molecular flexibility index (Phi) is 4.83. The first-order chi connectivity index (χ1) is 8.56. The van der Waals surface area contributed by atoms with Gasteiger partial charge in [-0.1, -0.05) is 12.2 Å². The fourth-order valence-electron chi connectivity index (χ4n) is 1.91. The largest absolute Gasteiger partial charge is 0.352 e. The maximum atomic E-state index is 11.7. The zero-order valence-electron chi connectivity index (χ0n) is 9.60. The van der Waals surface area contributed by atoms with Gasteiger partial charge in [-0.2, -0.15) is 0 Å². The van der Waals surface area contributed by atoms with E-state index in [1.165, 1.54) is 4.90 Å². The van der Waals surface area contributed by atoms with Gasteiger partial charge in [-0.05, 0) is 18.9 Å². The molecule has 1 fully saturated rings. The van der Waals surface area contributed by atoms with Crippen LogP contribution in [0.2, 0.25) is 0 Å². The minimum absolute atomic E-state index is 0.129. The molecule has 2 heterocycles. The summed E-state index contributed by atoms with van der Waals surface area (Å²) in [7, 11) is -1.67. The number of amides is 2. The van der Waals surface area contributed by atoms with Gasteiger partial charge in [0.2, 0.25) is 7.58 Å². The molecule has 0 radical (unpaired) electrons. The molecular formula is C9H16N3O4PS. The number of nitrogens with two attached hydrogens (primary N) is 1. The van der Waals surface area contributed by atoms with E-state index < -0.39 is 13.7 Å². The van der Waals surface area contributed by atoms with E-state index >= 15 is 0 Å². The Morgan fingerprint density at radius 1 is 1.72 bits per heavy atom. The van der Waals surface area contributed by atoms with Crippen LogP contribution >= 0.6 is 19.8 Å². The number of carbonyl (C=O) groups excluding carboxylic acids is 1. The van der Waals surface area contributed by atoms with Crippen LogP contribution in [0.1, 0.15) is 12.8 Å². The molecule has 0 aliphatic carbocycles. The average Bonchev–Trinajstić information content (AvgIpc) is 2.75. The van der Waals surface area contributed by atoms with E-state index in [1.807, 2.05) is 0 Å². The van der Waals surface area contributed by atoms with Crippen molar-refractivity contribution in [3.8, 4) is 0 Å². The minimum atomic E-state index is -1.67. The zero-order chi connectivity index (χ0) is 13.1. The van der Waals surface area contributed by atoms with E-state index in [2.05, 4.69) is 17.6 Å². The molecule has 0 aromatic heterocycles. The second-order valence-corrected chi connectivity index (χ2v) is 5.85. The van der Waals surface area contributed by atoms with Gasteiger partial charge in [-0.25, -0.2) is 4.79 Å². The van der Waals surface area contributed by atoms with Crippen LogP contribution in [0.25, 0.3) is 0 Å².